The van der Waals surface area contributed by atoms with Gasteiger partial charge in [-0.25, -0.2) is 4.99 Å². The number of fused-ring (bicyclic) bond motifs is 2. The highest BCUT2D eigenvalue weighted by Gasteiger charge is 2.24. The van der Waals surface area contributed by atoms with Crippen LogP contribution in [0.15, 0.2) is 47.5 Å². The molecular formula is C18H18ClN4O-. The van der Waals surface area contributed by atoms with Crippen LogP contribution in [0, 0.1) is 5.21 Å². The second kappa shape index (κ2) is 6.09. The molecule has 0 spiro atoms. The molecule has 2 aliphatic heterocycles. The van der Waals surface area contributed by atoms with Gasteiger partial charge in [-0.1, -0.05) is 23.7 Å². The minimum Gasteiger partial charge on any atom is -0.754 e. The van der Waals surface area contributed by atoms with E-state index in [1.54, 1.807) is 18.2 Å². The summed E-state index contributed by atoms with van der Waals surface area (Å²) >= 11 is 6.13. The predicted molar refractivity (Wildman–Crippen MR) is 98.7 cm³/mol. The van der Waals surface area contributed by atoms with Crippen molar-refractivity contribution in [3.63, 3.8) is 0 Å². The summed E-state index contributed by atoms with van der Waals surface area (Å²) < 4.78 is 0. The molecule has 2 aliphatic rings. The fourth-order valence-corrected chi connectivity index (χ4v) is 3.33. The number of hydrogen-bond acceptors (Lipinski definition) is 5. The van der Waals surface area contributed by atoms with Crippen LogP contribution in [-0.2, 0) is 0 Å². The highest BCUT2D eigenvalue weighted by Crippen LogP contribution is 2.40. The number of rotatable bonds is 0. The van der Waals surface area contributed by atoms with Gasteiger partial charge in [0, 0.05) is 42.5 Å². The molecule has 24 heavy (non-hydrogen) atoms. The van der Waals surface area contributed by atoms with Gasteiger partial charge in [-0.15, -0.1) is 0 Å². The fourth-order valence-electron chi connectivity index (χ4n) is 3.16. The first kappa shape index (κ1) is 15.4. The molecule has 2 aromatic carbocycles. The molecule has 0 radical (unpaired) electrons. The first-order valence-electron chi connectivity index (χ1n) is 8.02. The molecule has 0 atom stereocenters. The number of anilines is 2. The maximum Gasteiger partial charge on any atom is 0.138 e. The second-order valence-corrected chi connectivity index (χ2v) is 6.61. The normalized spacial score (nSPS) is 17.9. The molecule has 2 aromatic rings. The molecule has 4 rings (SSSR count). The van der Waals surface area contributed by atoms with E-state index in [0.717, 1.165) is 42.6 Å². The van der Waals surface area contributed by atoms with Gasteiger partial charge in [-0.3, -0.25) is 0 Å². The number of likely N-dealkylation sites (N-methyl/N-ethyl adjacent to an activating group) is 1. The van der Waals surface area contributed by atoms with Gasteiger partial charge in [0.15, 0.2) is 0 Å². The zero-order chi connectivity index (χ0) is 16.7. The van der Waals surface area contributed by atoms with Crippen molar-refractivity contribution in [3.05, 3.63) is 58.3 Å². The van der Waals surface area contributed by atoms with Gasteiger partial charge in [0.1, 0.15) is 5.84 Å². The van der Waals surface area contributed by atoms with Crippen LogP contribution in [0.25, 0.3) is 0 Å². The molecule has 1 saturated heterocycles. The van der Waals surface area contributed by atoms with E-state index in [4.69, 9.17) is 16.6 Å². The van der Waals surface area contributed by atoms with Crippen LogP contribution in [0.3, 0.4) is 0 Å². The largest absolute Gasteiger partial charge is 0.754 e. The third-order valence-corrected chi connectivity index (χ3v) is 4.78. The molecular weight excluding hydrogens is 324 g/mol. The number of para-hydroxylation sites is 1. The van der Waals surface area contributed by atoms with E-state index in [9.17, 15) is 5.21 Å². The molecule has 0 saturated carbocycles. The lowest BCUT2D eigenvalue weighted by Crippen LogP contribution is -2.47. The second-order valence-electron chi connectivity index (χ2n) is 6.17. The van der Waals surface area contributed by atoms with Gasteiger partial charge < -0.3 is 20.1 Å². The van der Waals surface area contributed by atoms with E-state index >= 15 is 0 Å². The summed E-state index contributed by atoms with van der Waals surface area (Å²) in [5.74, 6) is 0.848. The van der Waals surface area contributed by atoms with Crippen molar-refractivity contribution in [3.8, 4) is 0 Å². The Morgan fingerprint density at radius 2 is 1.75 bits per heavy atom. The Bertz CT molecular complexity index is 799. The van der Waals surface area contributed by atoms with Gasteiger partial charge in [-0.05, 0) is 37.4 Å². The predicted octanol–water partition coefficient (Wildman–Crippen LogP) is 3.62. The maximum absolute atomic E-state index is 12.9. The molecule has 0 amide bonds. The zero-order valence-electron chi connectivity index (χ0n) is 13.4. The summed E-state index contributed by atoms with van der Waals surface area (Å²) in [6.07, 6.45) is 0. The molecule has 124 valence electrons. The molecule has 6 heteroatoms. The lowest BCUT2D eigenvalue weighted by molar-refractivity contribution is 0.216. The number of halogens is 1. The van der Waals surface area contributed by atoms with Crippen LogP contribution in [0.4, 0.5) is 17.1 Å². The van der Waals surface area contributed by atoms with E-state index in [0.29, 0.717) is 22.1 Å². The minimum absolute atomic E-state index is 0.524. The van der Waals surface area contributed by atoms with Crippen molar-refractivity contribution in [2.24, 2.45) is 4.99 Å². The Balaban J connectivity index is 1.88. The van der Waals surface area contributed by atoms with Gasteiger partial charge >= 0.3 is 0 Å². The van der Waals surface area contributed by atoms with Gasteiger partial charge in [0.25, 0.3) is 0 Å². The summed E-state index contributed by atoms with van der Waals surface area (Å²) in [4.78, 5) is 9.39. The molecule has 5 nitrogen and oxygen atoms in total. The topological polar surface area (TPSA) is 45.1 Å². The monoisotopic (exact) mass is 341 g/mol. The Morgan fingerprint density at radius 1 is 1.00 bits per heavy atom. The van der Waals surface area contributed by atoms with Crippen LogP contribution in [0.1, 0.15) is 5.56 Å². The number of amidine groups is 1. The Labute approximate surface area is 146 Å². The molecule has 0 bridgehead atoms. The molecule has 0 unspecified atom stereocenters. The highest BCUT2D eigenvalue weighted by atomic mass is 35.5. The number of nitrogens with zero attached hydrogens (tertiary/aromatic N) is 4. The molecule has 2 heterocycles. The Hall–Kier alpha value is -2.08. The van der Waals surface area contributed by atoms with E-state index in [1.807, 2.05) is 24.3 Å². The summed E-state index contributed by atoms with van der Waals surface area (Å²) in [6.45, 7) is 3.73. The van der Waals surface area contributed by atoms with E-state index in [2.05, 4.69) is 16.8 Å². The zero-order valence-corrected chi connectivity index (χ0v) is 14.2. The Morgan fingerprint density at radius 3 is 2.54 bits per heavy atom. The maximum atomic E-state index is 12.9. The van der Waals surface area contributed by atoms with Crippen molar-refractivity contribution in [2.75, 3.05) is 38.3 Å². The summed E-state index contributed by atoms with van der Waals surface area (Å²) in [7, 11) is 2.12. The van der Waals surface area contributed by atoms with Crippen LogP contribution >= 0.6 is 11.6 Å². The molecule has 0 aromatic heterocycles. The third kappa shape index (κ3) is 2.65. The van der Waals surface area contributed by atoms with E-state index in [-0.39, 0.29) is 0 Å². The van der Waals surface area contributed by atoms with Crippen molar-refractivity contribution in [2.45, 2.75) is 0 Å². The van der Waals surface area contributed by atoms with Gasteiger partial charge in [-0.2, -0.15) is 0 Å². The van der Waals surface area contributed by atoms with Crippen LogP contribution in [0.2, 0.25) is 5.02 Å². The van der Waals surface area contributed by atoms with Crippen LogP contribution in [0.5, 0.6) is 0 Å². The van der Waals surface area contributed by atoms with Crippen molar-refractivity contribution in [1.29, 1.82) is 0 Å². The van der Waals surface area contributed by atoms with Crippen molar-refractivity contribution < 1.29 is 0 Å². The third-order valence-electron chi connectivity index (χ3n) is 4.55. The number of aliphatic imine (C=N–C) groups is 1. The quantitative estimate of drug-likeness (QED) is 0.734. The number of hydrogen-bond donors (Lipinski definition) is 0. The highest BCUT2D eigenvalue weighted by molar-refractivity contribution is 6.31. The lowest BCUT2D eigenvalue weighted by Gasteiger charge is -2.36. The first-order chi connectivity index (χ1) is 11.6. The van der Waals surface area contributed by atoms with Gasteiger partial charge in [0.05, 0.1) is 11.4 Å². The number of piperazine rings is 1. The lowest BCUT2D eigenvalue weighted by atomic mass is 10.1. The molecule has 0 aliphatic carbocycles. The number of benzene rings is 2. The van der Waals surface area contributed by atoms with Gasteiger partial charge in [0.2, 0.25) is 0 Å². The first-order valence-corrected chi connectivity index (χ1v) is 8.40. The smallest absolute Gasteiger partial charge is 0.138 e. The summed E-state index contributed by atoms with van der Waals surface area (Å²) in [5, 5.41) is 14.4. The fraction of sp³-hybridized carbons (Fsp3) is 0.278. The van der Waals surface area contributed by atoms with Crippen molar-refractivity contribution in [1.82, 2.24) is 9.80 Å². The van der Waals surface area contributed by atoms with E-state index < -0.39 is 0 Å². The van der Waals surface area contributed by atoms with Crippen LogP contribution in [-0.4, -0.2) is 48.9 Å². The van der Waals surface area contributed by atoms with Crippen molar-refractivity contribution >= 4 is 34.5 Å². The molecule has 1 fully saturated rings. The molecule has 0 N–H and O–H groups in total. The minimum atomic E-state index is 0.524. The SMILES string of the molecule is CN1CCN(C2=Nc3cc(Cl)ccc3N([O-])c3ccccc32)CC1. The summed E-state index contributed by atoms with van der Waals surface area (Å²) in [6, 6.07) is 12.8. The summed E-state index contributed by atoms with van der Waals surface area (Å²) in [5.41, 5.74) is 2.62. The average molecular weight is 342 g/mol. The van der Waals surface area contributed by atoms with Crippen LogP contribution < -0.4 is 5.06 Å². The Kier molecular flexibility index (Phi) is 3.92. The standard InChI is InChI=1S/C18H18ClN4O/c1-21-8-10-22(11-9-21)18-14-4-2-3-5-16(14)23(24)17-7-6-13(19)12-15(17)20-18/h2-7,12H,8-11H2,1H3/q-1. The average Bonchev–Trinajstić information content (AvgIpc) is 2.71. The van der Waals surface area contributed by atoms with E-state index in [1.165, 1.54) is 0 Å².